The first kappa shape index (κ1) is 21.4. The average Bonchev–Trinajstić information content (AvgIpc) is 2.59. The van der Waals surface area contributed by atoms with Crippen molar-refractivity contribution in [2.45, 2.75) is 38.8 Å². The summed E-state index contributed by atoms with van der Waals surface area (Å²) in [5, 5.41) is 6.06. The summed E-state index contributed by atoms with van der Waals surface area (Å²) in [5.74, 6) is 1.06. The number of halogens is 3. The highest BCUT2D eigenvalue weighted by molar-refractivity contribution is 5.85. The molecule has 2 rings (SSSR count). The van der Waals surface area contributed by atoms with E-state index in [1.54, 1.807) is 12.1 Å². The summed E-state index contributed by atoms with van der Waals surface area (Å²) in [6.07, 6.45) is 3.48. The van der Waals surface area contributed by atoms with Gasteiger partial charge in [-0.2, -0.15) is 8.78 Å². The van der Waals surface area contributed by atoms with Gasteiger partial charge in [-0.3, -0.25) is 4.79 Å². The third-order valence-electron chi connectivity index (χ3n) is 4.20. The van der Waals surface area contributed by atoms with Crippen molar-refractivity contribution >= 4 is 18.3 Å². The number of carbonyl (C=O) groups is 1. The molecular weight excluding hydrogens is 354 g/mol. The van der Waals surface area contributed by atoms with Crippen LogP contribution < -0.4 is 20.1 Å². The molecule has 142 valence electrons. The molecule has 25 heavy (non-hydrogen) atoms. The topological polar surface area (TPSA) is 59.6 Å². The lowest BCUT2D eigenvalue weighted by molar-refractivity contribution is -0.121. The van der Waals surface area contributed by atoms with Crippen LogP contribution in [0.3, 0.4) is 0 Å². The molecule has 2 N–H and O–H groups in total. The molecular formula is C17H25ClF2N2O3. The minimum atomic E-state index is -2.91. The van der Waals surface area contributed by atoms with Gasteiger partial charge in [-0.1, -0.05) is 0 Å². The highest BCUT2D eigenvalue weighted by Crippen LogP contribution is 2.25. The maximum Gasteiger partial charge on any atom is 0.387 e. The van der Waals surface area contributed by atoms with Gasteiger partial charge in [0.2, 0.25) is 5.91 Å². The monoisotopic (exact) mass is 378 g/mol. The van der Waals surface area contributed by atoms with Gasteiger partial charge < -0.3 is 20.1 Å². The lowest BCUT2D eigenvalue weighted by Gasteiger charge is -2.22. The van der Waals surface area contributed by atoms with Crippen molar-refractivity contribution in [2.75, 3.05) is 20.2 Å². The van der Waals surface area contributed by atoms with Crippen LogP contribution in [0.15, 0.2) is 18.2 Å². The minimum absolute atomic E-state index is 0. The summed E-state index contributed by atoms with van der Waals surface area (Å²) in [6.45, 7) is -0.771. The Morgan fingerprint density at radius 2 is 2.08 bits per heavy atom. The van der Waals surface area contributed by atoms with E-state index in [-0.39, 0.29) is 30.6 Å². The van der Waals surface area contributed by atoms with Gasteiger partial charge in [0.05, 0.1) is 7.11 Å². The van der Waals surface area contributed by atoms with Crippen LogP contribution >= 0.6 is 12.4 Å². The van der Waals surface area contributed by atoms with Crippen molar-refractivity contribution in [3.63, 3.8) is 0 Å². The highest BCUT2D eigenvalue weighted by atomic mass is 35.5. The number of piperidine rings is 1. The number of nitrogens with one attached hydrogen (secondary N) is 2. The molecule has 1 aromatic rings. The van der Waals surface area contributed by atoms with E-state index in [1.165, 1.54) is 13.2 Å². The first-order chi connectivity index (χ1) is 11.6. The lowest BCUT2D eigenvalue weighted by Crippen LogP contribution is -2.29. The van der Waals surface area contributed by atoms with Gasteiger partial charge in [-0.25, -0.2) is 0 Å². The van der Waals surface area contributed by atoms with Crippen LogP contribution in [-0.4, -0.2) is 32.7 Å². The Morgan fingerprint density at radius 1 is 1.36 bits per heavy atom. The Hall–Kier alpha value is -1.60. The van der Waals surface area contributed by atoms with E-state index in [0.29, 0.717) is 23.7 Å². The highest BCUT2D eigenvalue weighted by Gasteiger charge is 2.15. The third-order valence-corrected chi connectivity index (χ3v) is 4.20. The number of benzene rings is 1. The van der Waals surface area contributed by atoms with E-state index in [0.717, 1.165) is 32.4 Å². The number of alkyl halides is 2. The van der Waals surface area contributed by atoms with Gasteiger partial charge in [-0.15, -0.1) is 12.4 Å². The third kappa shape index (κ3) is 7.44. The zero-order chi connectivity index (χ0) is 17.4. The van der Waals surface area contributed by atoms with Crippen molar-refractivity contribution in [1.82, 2.24) is 10.6 Å². The molecule has 1 amide bonds. The van der Waals surface area contributed by atoms with E-state index in [4.69, 9.17) is 4.74 Å². The van der Waals surface area contributed by atoms with Crippen LogP contribution in [0.5, 0.6) is 11.5 Å². The summed E-state index contributed by atoms with van der Waals surface area (Å²) >= 11 is 0. The smallest absolute Gasteiger partial charge is 0.387 e. The number of carbonyl (C=O) groups excluding carboxylic acids is 1. The van der Waals surface area contributed by atoms with E-state index in [1.807, 2.05) is 0 Å². The fourth-order valence-electron chi connectivity index (χ4n) is 2.82. The van der Waals surface area contributed by atoms with Crippen molar-refractivity contribution in [3.05, 3.63) is 23.8 Å². The molecule has 1 aliphatic rings. The number of amides is 1. The molecule has 8 heteroatoms. The normalized spacial score (nSPS) is 14.7. The quantitative estimate of drug-likeness (QED) is 0.729. The van der Waals surface area contributed by atoms with Gasteiger partial charge in [0.25, 0.3) is 0 Å². The number of hydrogen-bond donors (Lipinski definition) is 2. The molecule has 0 atom stereocenters. The molecule has 0 unspecified atom stereocenters. The molecule has 1 heterocycles. The van der Waals surface area contributed by atoms with Crippen LogP contribution in [0.1, 0.15) is 31.2 Å². The van der Waals surface area contributed by atoms with E-state index >= 15 is 0 Å². The summed E-state index contributed by atoms with van der Waals surface area (Å²) in [7, 11) is 1.49. The second-order valence-electron chi connectivity index (χ2n) is 5.86. The van der Waals surface area contributed by atoms with Crippen molar-refractivity contribution in [2.24, 2.45) is 5.92 Å². The molecule has 0 bridgehead atoms. The zero-order valence-electron chi connectivity index (χ0n) is 14.2. The van der Waals surface area contributed by atoms with Crippen molar-refractivity contribution < 1.29 is 23.0 Å². The Kier molecular flexibility index (Phi) is 9.52. The molecule has 0 aliphatic carbocycles. The Labute approximate surface area is 152 Å². The predicted molar refractivity (Wildman–Crippen MR) is 93.5 cm³/mol. The van der Waals surface area contributed by atoms with Gasteiger partial charge in [0, 0.05) is 18.5 Å². The maximum atomic E-state index is 12.5. The molecule has 1 saturated heterocycles. The Morgan fingerprint density at radius 3 is 2.72 bits per heavy atom. The largest absolute Gasteiger partial charge is 0.497 e. The van der Waals surface area contributed by atoms with Crippen molar-refractivity contribution in [3.8, 4) is 11.5 Å². The van der Waals surface area contributed by atoms with Crippen LogP contribution in [0.4, 0.5) is 8.78 Å². The number of hydrogen-bond acceptors (Lipinski definition) is 4. The first-order valence-electron chi connectivity index (χ1n) is 8.17. The summed E-state index contributed by atoms with van der Waals surface area (Å²) in [4.78, 5) is 12.0. The molecule has 5 nitrogen and oxygen atoms in total. The molecule has 0 saturated carbocycles. The second-order valence-corrected chi connectivity index (χ2v) is 5.86. The average molecular weight is 379 g/mol. The van der Waals surface area contributed by atoms with Gasteiger partial charge in [-0.05, 0) is 56.5 Å². The van der Waals surface area contributed by atoms with E-state index < -0.39 is 6.61 Å². The van der Waals surface area contributed by atoms with Gasteiger partial charge >= 0.3 is 6.61 Å². The fourth-order valence-corrected chi connectivity index (χ4v) is 2.82. The molecule has 1 aliphatic heterocycles. The Balaban J connectivity index is 0.00000312. The molecule has 0 aromatic heterocycles. The lowest BCUT2D eigenvalue weighted by atomic mass is 9.93. The van der Waals surface area contributed by atoms with Crippen LogP contribution in [0.2, 0.25) is 0 Å². The Bertz CT molecular complexity index is 541. The maximum absolute atomic E-state index is 12.5. The van der Waals surface area contributed by atoms with Gasteiger partial charge in [0.15, 0.2) is 0 Å². The zero-order valence-corrected chi connectivity index (χ0v) is 15.0. The number of ether oxygens (including phenoxy) is 2. The second kappa shape index (κ2) is 11.1. The van der Waals surface area contributed by atoms with Crippen LogP contribution in [0.25, 0.3) is 0 Å². The van der Waals surface area contributed by atoms with Crippen LogP contribution in [-0.2, 0) is 11.3 Å². The summed E-state index contributed by atoms with van der Waals surface area (Å²) in [5.41, 5.74) is 0.463. The van der Waals surface area contributed by atoms with E-state index in [2.05, 4.69) is 15.4 Å². The SMILES string of the molecule is COc1ccc(OC(F)F)c(CNC(=O)CCC2CCNCC2)c1.Cl. The van der Waals surface area contributed by atoms with Crippen molar-refractivity contribution in [1.29, 1.82) is 0 Å². The molecule has 0 radical (unpaired) electrons. The minimum Gasteiger partial charge on any atom is -0.497 e. The molecule has 0 spiro atoms. The molecule has 1 fully saturated rings. The fraction of sp³-hybridized carbons (Fsp3) is 0.588. The van der Waals surface area contributed by atoms with E-state index in [9.17, 15) is 13.6 Å². The first-order valence-corrected chi connectivity index (χ1v) is 8.17. The summed E-state index contributed by atoms with van der Waals surface area (Å²) < 4.78 is 34.5. The predicted octanol–water partition coefficient (Wildman–Crippen LogP) is 3.11. The number of methoxy groups -OCH3 is 1. The number of rotatable bonds is 8. The van der Waals surface area contributed by atoms with Crippen LogP contribution in [0, 0.1) is 5.92 Å². The van der Waals surface area contributed by atoms with Gasteiger partial charge in [0.1, 0.15) is 11.5 Å². The summed E-state index contributed by atoms with van der Waals surface area (Å²) in [6, 6.07) is 4.55. The standard InChI is InChI=1S/C17H24F2N2O3.ClH/c1-23-14-3-4-15(24-17(18)19)13(10-14)11-21-16(22)5-2-12-6-8-20-9-7-12;/h3-4,10,12,17,20H,2,5-9,11H2,1H3,(H,21,22);1H. The molecule has 1 aromatic carbocycles.